The lowest BCUT2D eigenvalue weighted by molar-refractivity contribution is -0.137. The summed E-state index contributed by atoms with van der Waals surface area (Å²) in [4.78, 5) is 16.0. The van der Waals surface area contributed by atoms with Crippen molar-refractivity contribution in [3.05, 3.63) is 77.2 Å². The van der Waals surface area contributed by atoms with Crippen LogP contribution in [0.5, 0.6) is 0 Å². The largest absolute Gasteiger partial charge is 0.457 e. The SMILES string of the molecule is Cc1c(C(=O)OCc2ccccc2)cnn1-c1ccc(C(F)(F)F)cn1. The normalized spacial score (nSPS) is 11.4. The number of alkyl halides is 3. The maximum absolute atomic E-state index is 12.6. The predicted octanol–water partition coefficient (Wildman–Crippen LogP) is 3.95. The number of ether oxygens (including phenoxy) is 1. The van der Waals surface area contributed by atoms with Crippen LogP contribution in [0.25, 0.3) is 5.82 Å². The number of aromatic nitrogens is 3. The van der Waals surface area contributed by atoms with Crippen molar-refractivity contribution in [3.8, 4) is 5.82 Å². The van der Waals surface area contributed by atoms with Gasteiger partial charge in [-0.25, -0.2) is 14.5 Å². The molecule has 0 fully saturated rings. The molecule has 26 heavy (non-hydrogen) atoms. The number of carbonyl (C=O) groups excluding carboxylic acids is 1. The van der Waals surface area contributed by atoms with Crippen LogP contribution in [0, 0.1) is 6.92 Å². The number of halogens is 3. The molecular weight excluding hydrogens is 347 g/mol. The standard InChI is InChI=1S/C18H14F3N3O2/c1-12-15(17(25)26-11-13-5-3-2-4-6-13)10-23-24(12)16-8-7-14(9-22-16)18(19,20)21/h2-10H,11H2,1H3. The molecule has 0 aliphatic heterocycles. The van der Waals surface area contributed by atoms with Crippen LogP contribution in [0.3, 0.4) is 0 Å². The number of carbonyl (C=O) groups is 1. The molecule has 1 aromatic carbocycles. The average Bonchev–Trinajstić information content (AvgIpc) is 3.01. The molecule has 8 heteroatoms. The molecule has 0 amide bonds. The van der Waals surface area contributed by atoms with Crippen molar-refractivity contribution in [2.75, 3.05) is 0 Å². The van der Waals surface area contributed by atoms with E-state index in [1.807, 2.05) is 30.3 Å². The van der Waals surface area contributed by atoms with Gasteiger partial charge in [-0.1, -0.05) is 30.3 Å². The van der Waals surface area contributed by atoms with Crippen LogP contribution >= 0.6 is 0 Å². The lowest BCUT2D eigenvalue weighted by Crippen LogP contribution is -2.09. The Morgan fingerprint density at radius 3 is 2.46 bits per heavy atom. The molecule has 3 aromatic rings. The van der Waals surface area contributed by atoms with Gasteiger partial charge in [-0.05, 0) is 24.6 Å². The number of hydrogen-bond acceptors (Lipinski definition) is 4. The first kappa shape index (κ1) is 17.7. The number of hydrogen-bond donors (Lipinski definition) is 0. The maximum Gasteiger partial charge on any atom is 0.417 e. The Bertz CT molecular complexity index is 904. The van der Waals surface area contributed by atoms with E-state index in [1.54, 1.807) is 6.92 Å². The number of benzene rings is 1. The molecule has 3 rings (SSSR count). The van der Waals surface area contributed by atoms with Gasteiger partial charge in [0.05, 0.1) is 17.5 Å². The molecule has 2 heterocycles. The third-order valence-electron chi connectivity index (χ3n) is 3.73. The second-order valence-electron chi connectivity index (χ2n) is 5.52. The Hall–Kier alpha value is -3.16. The minimum absolute atomic E-state index is 0.114. The summed E-state index contributed by atoms with van der Waals surface area (Å²) in [6, 6.07) is 11.3. The van der Waals surface area contributed by atoms with E-state index in [2.05, 4.69) is 10.1 Å². The molecule has 0 aliphatic rings. The van der Waals surface area contributed by atoms with Gasteiger partial charge < -0.3 is 4.74 Å². The fraction of sp³-hybridized carbons (Fsp3) is 0.167. The zero-order valence-corrected chi connectivity index (χ0v) is 13.7. The molecule has 0 radical (unpaired) electrons. The van der Waals surface area contributed by atoms with E-state index in [-0.39, 0.29) is 18.0 Å². The molecule has 0 spiro atoms. The third kappa shape index (κ3) is 3.74. The molecule has 0 atom stereocenters. The van der Waals surface area contributed by atoms with Crippen molar-refractivity contribution in [2.24, 2.45) is 0 Å². The fourth-order valence-electron chi connectivity index (χ4n) is 2.32. The second-order valence-corrected chi connectivity index (χ2v) is 5.52. The third-order valence-corrected chi connectivity index (χ3v) is 3.73. The molecule has 0 saturated carbocycles. The van der Waals surface area contributed by atoms with Gasteiger partial charge in [0.15, 0.2) is 5.82 Å². The van der Waals surface area contributed by atoms with Crippen LogP contribution in [-0.4, -0.2) is 20.7 Å². The molecule has 0 saturated heterocycles. The summed E-state index contributed by atoms with van der Waals surface area (Å²) in [5.74, 6) is -0.387. The second kappa shape index (κ2) is 6.99. The summed E-state index contributed by atoms with van der Waals surface area (Å²) >= 11 is 0. The van der Waals surface area contributed by atoms with Crippen molar-refractivity contribution < 1.29 is 22.7 Å². The summed E-state index contributed by atoms with van der Waals surface area (Å²) in [5, 5.41) is 4.03. The van der Waals surface area contributed by atoms with E-state index in [4.69, 9.17) is 4.74 Å². The van der Waals surface area contributed by atoms with E-state index in [0.29, 0.717) is 5.69 Å². The van der Waals surface area contributed by atoms with Crippen molar-refractivity contribution >= 4 is 5.97 Å². The summed E-state index contributed by atoms with van der Waals surface area (Å²) in [5.41, 5.74) is 0.641. The van der Waals surface area contributed by atoms with Gasteiger partial charge in [0.25, 0.3) is 0 Å². The lowest BCUT2D eigenvalue weighted by Gasteiger charge is -2.08. The van der Waals surface area contributed by atoms with Gasteiger partial charge in [-0.3, -0.25) is 0 Å². The topological polar surface area (TPSA) is 57.0 Å². The number of nitrogens with zero attached hydrogens (tertiary/aromatic N) is 3. The van der Waals surface area contributed by atoms with Gasteiger partial charge in [-0.2, -0.15) is 18.3 Å². The van der Waals surface area contributed by atoms with E-state index in [1.165, 1.54) is 16.9 Å². The number of pyridine rings is 1. The highest BCUT2D eigenvalue weighted by molar-refractivity contribution is 5.90. The summed E-state index contributed by atoms with van der Waals surface area (Å²) in [7, 11) is 0. The van der Waals surface area contributed by atoms with Gasteiger partial charge in [0.2, 0.25) is 0 Å². The highest BCUT2D eigenvalue weighted by Gasteiger charge is 2.30. The summed E-state index contributed by atoms with van der Waals surface area (Å²) < 4.78 is 44.4. The highest BCUT2D eigenvalue weighted by Crippen LogP contribution is 2.28. The summed E-state index contributed by atoms with van der Waals surface area (Å²) in [6.07, 6.45) is -2.43. The molecule has 0 N–H and O–H groups in total. The van der Waals surface area contributed by atoms with E-state index >= 15 is 0 Å². The molecule has 0 aliphatic carbocycles. The van der Waals surface area contributed by atoms with E-state index in [0.717, 1.165) is 17.8 Å². The van der Waals surface area contributed by atoms with Gasteiger partial charge >= 0.3 is 12.1 Å². The monoisotopic (exact) mass is 361 g/mol. The number of esters is 1. The Morgan fingerprint density at radius 1 is 1.12 bits per heavy atom. The van der Waals surface area contributed by atoms with Gasteiger partial charge in [-0.15, -0.1) is 0 Å². The van der Waals surface area contributed by atoms with Crippen LogP contribution in [0.2, 0.25) is 0 Å². The quantitative estimate of drug-likeness (QED) is 0.660. The summed E-state index contributed by atoms with van der Waals surface area (Å²) in [6.45, 7) is 1.73. The van der Waals surface area contributed by atoms with Gasteiger partial charge in [0.1, 0.15) is 12.2 Å². The van der Waals surface area contributed by atoms with Crippen LogP contribution in [0.4, 0.5) is 13.2 Å². The van der Waals surface area contributed by atoms with E-state index in [9.17, 15) is 18.0 Å². The van der Waals surface area contributed by atoms with E-state index < -0.39 is 17.7 Å². The first-order chi connectivity index (χ1) is 12.4. The van der Waals surface area contributed by atoms with Crippen molar-refractivity contribution in [1.82, 2.24) is 14.8 Å². The minimum atomic E-state index is -4.46. The van der Waals surface area contributed by atoms with Crippen LogP contribution in [-0.2, 0) is 17.5 Å². The minimum Gasteiger partial charge on any atom is -0.457 e. The Kier molecular flexibility index (Phi) is 4.75. The Balaban J connectivity index is 1.76. The first-order valence-corrected chi connectivity index (χ1v) is 7.65. The lowest BCUT2D eigenvalue weighted by atomic mass is 10.2. The van der Waals surface area contributed by atoms with Crippen molar-refractivity contribution in [2.45, 2.75) is 19.7 Å². The molecular formula is C18H14F3N3O2. The predicted molar refractivity (Wildman–Crippen MR) is 86.7 cm³/mol. The maximum atomic E-state index is 12.6. The smallest absolute Gasteiger partial charge is 0.417 e. The molecule has 2 aromatic heterocycles. The van der Waals surface area contributed by atoms with Crippen LogP contribution in [0.15, 0.2) is 54.9 Å². The van der Waals surface area contributed by atoms with Crippen molar-refractivity contribution in [1.29, 1.82) is 0 Å². The highest BCUT2D eigenvalue weighted by atomic mass is 19.4. The fourth-order valence-corrected chi connectivity index (χ4v) is 2.32. The zero-order chi connectivity index (χ0) is 18.7. The Labute approximate surface area is 147 Å². The van der Waals surface area contributed by atoms with Crippen LogP contribution in [0.1, 0.15) is 27.2 Å². The number of rotatable bonds is 4. The van der Waals surface area contributed by atoms with Crippen molar-refractivity contribution in [3.63, 3.8) is 0 Å². The van der Waals surface area contributed by atoms with Gasteiger partial charge in [0, 0.05) is 6.20 Å². The molecule has 0 bridgehead atoms. The zero-order valence-electron chi connectivity index (χ0n) is 13.7. The average molecular weight is 361 g/mol. The Morgan fingerprint density at radius 2 is 1.85 bits per heavy atom. The van der Waals surface area contributed by atoms with Crippen LogP contribution < -0.4 is 0 Å². The molecule has 5 nitrogen and oxygen atoms in total. The first-order valence-electron chi connectivity index (χ1n) is 7.65. The molecule has 0 unspecified atom stereocenters. The molecule has 134 valence electrons.